The lowest BCUT2D eigenvalue weighted by Gasteiger charge is -2.34. The Bertz CT molecular complexity index is 442. The van der Waals surface area contributed by atoms with Crippen LogP contribution in [0, 0.1) is 13.8 Å². The van der Waals surface area contributed by atoms with Crippen LogP contribution in [-0.2, 0) is 0 Å². The third-order valence-corrected chi connectivity index (χ3v) is 4.30. The molecule has 0 aromatic heterocycles. The molecular weight excluding hydrogens is 236 g/mol. The zero-order valence-corrected chi connectivity index (χ0v) is 12.1. The van der Waals surface area contributed by atoms with E-state index in [4.69, 9.17) is 5.73 Å². The van der Waals surface area contributed by atoms with Gasteiger partial charge < -0.3 is 10.6 Å². The largest absolute Gasteiger partial charge is 0.339 e. The number of carbonyl (C=O) groups excluding carboxylic acids is 1. The first-order valence-corrected chi connectivity index (χ1v) is 7.09. The molecule has 0 unspecified atom stereocenters. The highest BCUT2D eigenvalue weighted by Gasteiger charge is 2.26. The first-order valence-electron chi connectivity index (χ1n) is 7.09. The third kappa shape index (κ3) is 2.98. The summed E-state index contributed by atoms with van der Waals surface area (Å²) in [5.74, 6) is 0.149. The van der Waals surface area contributed by atoms with Crippen molar-refractivity contribution in [2.24, 2.45) is 5.73 Å². The zero-order valence-electron chi connectivity index (χ0n) is 12.1. The second-order valence-corrected chi connectivity index (χ2v) is 5.75. The Kier molecular flexibility index (Phi) is 4.25. The second kappa shape index (κ2) is 5.74. The summed E-state index contributed by atoms with van der Waals surface area (Å²) in [5.41, 5.74) is 8.91. The van der Waals surface area contributed by atoms with Gasteiger partial charge in [-0.2, -0.15) is 0 Å². The van der Waals surface area contributed by atoms with Crippen molar-refractivity contribution in [2.45, 2.75) is 51.6 Å². The molecule has 1 fully saturated rings. The van der Waals surface area contributed by atoms with E-state index in [2.05, 4.69) is 0 Å². The van der Waals surface area contributed by atoms with Crippen molar-refractivity contribution in [3.63, 3.8) is 0 Å². The summed E-state index contributed by atoms with van der Waals surface area (Å²) in [6.45, 7) is 4.01. The van der Waals surface area contributed by atoms with Crippen LogP contribution in [0.2, 0.25) is 0 Å². The van der Waals surface area contributed by atoms with Gasteiger partial charge >= 0.3 is 0 Å². The number of hydrogen-bond donors (Lipinski definition) is 1. The maximum absolute atomic E-state index is 12.7. The van der Waals surface area contributed by atoms with Crippen molar-refractivity contribution in [3.05, 3.63) is 34.9 Å². The molecule has 1 saturated carbocycles. The fourth-order valence-electron chi connectivity index (χ4n) is 2.98. The van der Waals surface area contributed by atoms with Gasteiger partial charge in [0.05, 0.1) is 0 Å². The molecule has 0 spiro atoms. The predicted octanol–water partition coefficient (Wildman–Crippen LogP) is 2.65. The van der Waals surface area contributed by atoms with Crippen LogP contribution in [0.5, 0.6) is 0 Å². The van der Waals surface area contributed by atoms with Crippen LogP contribution >= 0.6 is 0 Å². The van der Waals surface area contributed by atoms with E-state index in [1.807, 2.05) is 44.0 Å². The van der Waals surface area contributed by atoms with Crippen molar-refractivity contribution in [1.29, 1.82) is 0 Å². The molecule has 19 heavy (non-hydrogen) atoms. The molecule has 1 aromatic carbocycles. The van der Waals surface area contributed by atoms with Gasteiger partial charge in [0.2, 0.25) is 0 Å². The molecule has 2 rings (SSSR count). The Hall–Kier alpha value is -1.35. The van der Waals surface area contributed by atoms with E-state index < -0.39 is 0 Å². The number of benzene rings is 1. The number of nitrogens with zero attached hydrogens (tertiary/aromatic N) is 1. The summed E-state index contributed by atoms with van der Waals surface area (Å²) in [5, 5.41) is 0. The molecule has 1 amide bonds. The van der Waals surface area contributed by atoms with Gasteiger partial charge in [0.1, 0.15) is 0 Å². The van der Waals surface area contributed by atoms with E-state index >= 15 is 0 Å². The number of aryl methyl sites for hydroxylation is 2. The Balaban J connectivity index is 2.15. The van der Waals surface area contributed by atoms with Gasteiger partial charge in [-0.25, -0.2) is 0 Å². The maximum Gasteiger partial charge on any atom is 0.254 e. The van der Waals surface area contributed by atoms with Gasteiger partial charge in [0.25, 0.3) is 5.91 Å². The summed E-state index contributed by atoms with van der Waals surface area (Å²) in [6, 6.07) is 6.67. The molecule has 0 radical (unpaired) electrons. The van der Waals surface area contributed by atoms with Crippen molar-refractivity contribution >= 4 is 5.91 Å². The van der Waals surface area contributed by atoms with Crippen LogP contribution in [0.4, 0.5) is 0 Å². The third-order valence-electron chi connectivity index (χ3n) is 4.30. The lowest BCUT2D eigenvalue weighted by atomic mass is 9.90. The van der Waals surface area contributed by atoms with Crippen molar-refractivity contribution < 1.29 is 4.79 Å². The van der Waals surface area contributed by atoms with Crippen LogP contribution in [0.25, 0.3) is 0 Å². The Morgan fingerprint density at radius 2 is 1.68 bits per heavy atom. The highest BCUT2D eigenvalue weighted by molar-refractivity contribution is 5.97. The second-order valence-electron chi connectivity index (χ2n) is 5.75. The Morgan fingerprint density at radius 3 is 2.21 bits per heavy atom. The molecule has 3 nitrogen and oxygen atoms in total. The van der Waals surface area contributed by atoms with E-state index in [1.54, 1.807) is 0 Å². The van der Waals surface area contributed by atoms with Crippen LogP contribution in [0.1, 0.15) is 47.2 Å². The first-order chi connectivity index (χ1) is 9.00. The summed E-state index contributed by atoms with van der Waals surface area (Å²) in [6.07, 6.45) is 4.09. The normalized spacial score (nSPS) is 23.2. The van der Waals surface area contributed by atoms with Gasteiger partial charge in [0.15, 0.2) is 0 Å². The molecule has 1 aromatic rings. The first kappa shape index (κ1) is 14.1. The SMILES string of the molecule is Cc1cccc(C)c1C(=O)N(C)C1CCC(N)CC1. The molecule has 1 aliphatic carbocycles. The lowest BCUT2D eigenvalue weighted by molar-refractivity contribution is 0.0688. The minimum atomic E-state index is 0.149. The van der Waals surface area contributed by atoms with Crippen LogP contribution < -0.4 is 5.73 Å². The fraction of sp³-hybridized carbons (Fsp3) is 0.562. The average Bonchev–Trinajstić information content (AvgIpc) is 2.38. The van der Waals surface area contributed by atoms with Crippen molar-refractivity contribution in [2.75, 3.05) is 7.05 Å². The summed E-state index contributed by atoms with van der Waals surface area (Å²) < 4.78 is 0. The molecule has 3 heteroatoms. The van der Waals surface area contributed by atoms with Crippen molar-refractivity contribution in [1.82, 2.24) is 4.90 Å². The van der Waals surface area contributed by atoms with E-state index in [-0.39, 0.29) is 5.91 Å². The molecule has 0 atom stereocenters. The summed E-state index contributed by atoms with van der Waals surface area (Å²) >= 11 is 0. The maximum atomic E-state index is 12.7. The number of nitrogens with two attached hydrogens (primary N) is 1. The fourth-order valence-corrected chi connectivity index (χ4v) is 2.98. The Labute approximate surface area is 115 Å². The smallest absolute Gasteiger partial charge is 0.254 e. The molecule has 104 valence electrons. The van der Waals surface area contributed by atoms with E-state index in [9.17, 15) is 4.79 Å². The van der Waals surface area contributed by atoms with Gasteiger partial charge in [-0.15, -0.1) is 0 Å². The quantitative estimate of drug-likeness (QED) is 0.888. The predicted molar refractivity (Wildman–Crippen MR) is 78.2 cm³/mol. The molecule has 0 aliphatic heterocycles. The molecule has 0 saturated heterocycles. The van der Waals surface area contributed by atoms with Crippen LogP contribution in [-0.4, -0.2) is 29.9 Å². The number of carbonyl (C=O) groups is 1. The number of hydrogen-bond acceptors (Lipinski definition) is 2. The van der Waals surface area contributed by atoms with Crippen LogP contribution in [0.15, 0.2) is 18.2 Å². The minimum absolute atomic E-state index is 0.149. The number of amides is 1. The number of rotatable bonds is 2. The summed E-state index contributed by atoms with van der Waals surface area (Å²) in [4.78, 5) is 14.6. The Morgan fingerprint density at radius 1 is 1.16 bits per heavy atom. The van der Waals surface area contributed by atoms with E-state index in [0.29, 0.717) is 12.1 Å². The van der Waals surface area contributed by atoms with Gasteiger partial charge in [0, 0.05) is 24.7 Å². The monoisotopic (exact) mass is 260 g/mol. The minimum Gasteiger partial charge on any atom is -0.339 e. The summed E-state index contributed by atoms with van der Waals surface area (Å²) in [7, 11) is 1.93. The van der Waals surface area contributed by atoms with Crippen LogP contribution in [0.3, 0.4) is 0 Å². The van der Waals surface area contributed by atoms with Gasteiger partial charge in [-0.3, -0.25) is 4.79 Å². The highest BCUT2D eigenvalue weighted by Crippen LogP contribution is 2.24. The zero-order chi connectivity index (χ0) is 14.0. The van der Waals surface area contributed by atoms with E-state index in [1.165, 1.54) is 0 Å². The molecule has 0 heterocycles. The molecular formula is C16H24N2O. The average molecular weight is 260 g/mol. The van der Waals surface area contributed by atoms with Gasteiger partial charge in [-0.1, -0.05) is 18.2 Å². The van der Waals surface area contributed by atoms with Gasteiger partial charge in [-0.05, 0) is 50.7 Å². The molecule has 0 bridgehead atoms. The van der Waals surface area contributed by atoms with E-state index in [0.717, 1.165) is 42.4 Å². The molecule has 2 N–H and O–H groups in total. The lowest BCUT2D eigenvalue weighted by Crippen LogP contribution is -2.42. The molecule has 1 aliphatic rings. The topological polar surface area (TPSA) is 46.3 Å². The standard InChI is InChI=1S/C16H24N2O/c1-11-5-4-6-12(2)15(11)16(19)18(3)14-9-7-13(17)8-10-14/h4-6,13-14H,7-10,17H2,1-3H3. The highest BCUT2D eigenvalue weighted by atomic mass is 16.2. The van der Waals surface area contributed by atoms with Crippen molar-refractivity contribution in [3.8, 4) is 0 Å².